The Labute approximate surface area is 355 Å². The van der Waals surface area contributed by atoms with Crippen molar-refractivity contribution >= 4 is 43.7 Å². The first-order valence-corrected chi connectivity index (χ1v) is 20.5. The fourth-order valence-corrected chi connectivity index (χ4v) is 8.46. The van der Waals surface area contributed by atoms with E-state index < -0.39 is 0 Å². The maximum atomic E-state index is 6.35. The number of fused-ring (bicyclic) bond motifs is 6. The molecular weight excluding hydrogens is 763 g/mol. The van der Waals surface area contributed by atoms with Gasteiger partial charge in [-0.2, -0.15) is 0 Å². The molecular formula is C54H33N7O. The predicted octanol–water partition coefficient (Wildman–Crippen LogP) is 13.1. The van der Waals surface area contributed by atoms with Gasteiger partial charge >= 0.3 is 0 Å². The smallest absolute Gasteiger partial charge is 0.166 e. The summed E-state index contributed by atoms with van der Waals surface area (Å²) in [6, 6.07) is 67.6. The first-order valence-electron chi connectivity index (χ1n) is 20.5. The normalized spacial score (nSPS) is 11.5. The van der Waals surface area contributed by atoms with Crippen LogP contribution < -0.4 is 0 Å². The Hall–Kier alpha value is -8.62. The number of hydrogen-bond acceptors (Lipinski definition) is 7. The van der Waals surface area contributed by atoms with Gasteiger partial charge in [0.2, 0.25) is 0 Å². The highest BCUT2D eigenvalue weighted by molar-refractivity contribution is 6.12. The van der Waals surface area contributed by atoms with Crippen molar-refractivity contribution in [1.29, 1.82) is 0 Å². The molecule has 8 heteroatoms. The van der Waals surface area contributed by atoms with E-state index in [4.69, 9.17) is 34.3 Å². The van der Waals surface area contributed by atoms with E-state index >= 15 is 0 Å². The van der Waals surface area contributed by atoms with Crippen LogP contribution >= 0.6 is 0 Å². The van der Waals surface area contributed by atoms with Gasteiger partial charge in [0, 0.05) is 54.9 Å². The van der Waals surface area contributed by atoms with Crippen LogP contribution in [0.2, 0.25) is 0 Å². The molecule has 0 saturated heterocycles. The second kappa shape index (κ2) is 14.6. The number of hydrogen-bond donors (Lipinski definition) is 0. The molecule has 0 spiro atoms. The summed E-state index contributed by atoms with van der Waals surface area (Å²) < 4.78 is 8.65. The van der Waals surface area contributed by atoms with Crippen molar-refractivity contribution in [2.75, 3.05) is 0 Å². The number of para-hydroxylation sites is 3. The van der Waals surface area contributed by atoms with Crippen LogP contribution in [0.1, 0.15) is 0 Å². The van der Waals surface area contributed by atoms with Gasteiger partial charge in [-0.25, -0.2) is 29.9 Å². The molecule has 4 aromatic heterocycles. The monoisotopic (exact) mass is 795 g/mol. The molecule has 8 nitrogen and oxygen atoms in total. The van der Waals surface area contributed by atoms with Crippen LogP contribution in [0, 0.1) is 0 Å². The van der Waals surface area contributed by atoms with Gasteiger partial charge in [0.1, 0.15) is 11.2 Å². The lowest BCUT2D eigenvalue weighted by Crippen LogP contribution is -2.05. The molecule has 0 N–H and O–H groups in total. The minimum atomic E-state index is 0.498. The summed E-state index contributed by atoms with van der Waals surface area (Å²) >= 11 is 0. The van der Waals surface area contributed by atoms with Crippen molar-refractivity contribution in [3.05, 3.63) is 200 Å². The maximum absolute atomic E-state index is 6.35. The van der Waals surface area contributed by atoms with E-state index in [9.17, 15) is 0 Å². The van der Waals surface area contributed by atoms with Gasteiger partial charge in [-0.3, -0.25) is 0 Å². The van der Waals surface area contributed by atoms with Crippen molar-refractivity contribution < 1.29 is 4.42 Å². The molecule has 0 unspecified atom stereocenters. The molecule has 0 atom stereocenters. The highest BCUT2D eigenvalue weighted by atomic mass is 16.3. The second-order valence-electron chi connectivity index (χ2n) is 15.1. The molecule has 4 heterocycles. The summed E-state index contributed by atoms with van der Waals surface area (Å²) in [5, 5.41) is 4.24. The average Bonchev–Trinajstić information content (AvgIpc) is 3.90. The van der Waals surface area contributed by atoms with Crippen molar-refractivity contribution in [1.82, 2.24) is 34.5 Å². The van der Waals surface area contributed by atoms with Gasteiger partial charge in [-0.15, -0.1) is 0 Å². The van der Waals surface area contributed by atoms with Gasteiger partial charge in [-0.1, -0.05) is 158 Å². The van der Waals surface area contributed by atoms with Crippen LogP contribution in [0.4, 0.5) is 0 Å². The van der Waals surface area contributed by atoms with Crippen molar-refractivity contribution in [3.63, 3.8) is 0 Å². The quantitative estimate of drug-likeness (QED) is 0.158. The third kappa shape index (κ3) is 6.00. The molecule has 0 bridgehead atoms. The highest BCUT2D eigenvalue weighted by Crippen LogP contribution is 2.40. The van der Waals surface area contributed by atoms with Gasteiger partial charge in [0.05, 0.1) is 16.7 Å². The summed E-state index contributed by atoms with van der Waals surface area (Å²) in [5.74, 6) is 3.26. The maximum Gasteiger partial charge on any atom is 0.166 e. The van der Waals surface area contributed by atoms with Crippen molar-refractivity contribution in [3.8, 4) is 74.0 Å². The Balaban J connectivity index is 1.16. The molecule has 8 aromatic carbocycles. The van der Waals surface area contributed by atoms with Crippen molar-refractivity contribution in [2.45, 2.75) is 0 Å². The Morgan fingerprint density at radius 1 is 0.306 bits per heavy atom. The number of nitrogens with zero attached hydrogens (tertiary/aromatic N) is 7. The Kier molecular flexibility index (Phi) is 8.31. The predicted molar refractivity (Wildman–Crippen MR) is 247 cm³/mol. The SMILES string of the molecule is c1ccc(-c2nc(-c3ccccc3)nc(-c3ccc(-n4c5ccccc5c5ccccc54)c(-c4nc(-c5ccccc5)nc(-c5cccc6oc7ccccc7c56)n4)c3)n2)cc1. The highest BCUT2D eigenvalue weighted by Gasteiger charge is 2.23. The lowest BCUT2D eigenvalue weighted by Gasteiger charge is -2.16. The summed E-state index contributed by atoms with van der Waals surface area (Å²) in [7, 11) is 0. The molecule has 62 heavy (non-hydrogen) atoms. The van der Waals surface area contributed by atoms with Crippen LogP contribution in [0.15, 0.2) is 205 Å². The van der Waals surface area contributed by atoms with Gasteiger partial charge in [0.15, 0.2) is 34.9 Å². The first-order chi connectivity index (χ1) is 30.7. The molecule has 12 aromatic rings. The van der Waals surface area contributed by atoms with Gasteiger partial charge in [-0.05, 0) is 42.5 Å². The number of aromatic nitrogens is 7. The fraction of sp³-hybridized carbons (Fsp3) is 0. The third-order valence-corrected chi connectivity index (χ3v) is 11.3. The molecule has 0 aliphatic rings. The number of furan rings is 1. The summed E-state index contributed by atoms with van der Waals surface area (Å²) in [6.07, 6.45) is 0. The van der Waals surface area contributed by atoms with E-state index in [-0.39, 0.29) is 0 Å². The lowest BCUT2D eigenvalue weighted by atomic mass is 10.0. The second-order valence-corrected chi connectivity index (χ2v) is 15.1. The minimum Gasteiger partial charge on any atom is -0.456 e. The molecule has 0 amide bonds. The number of benzene rings is 8. The average molecular weight is 796 g/mol. The molecule has 0 radical (unpaired) electrons. The molecule has 290 valence electrons. The third-order valence-electron chi connectivity index (χ3n) is 11.3. The molecule has 0 aliphatic carbocycles. The largest absolute Gasteiger partial charge is 0.456 e. The standard InChI is InChI=1S/C54H33N7O/c1-4-17-34(18-5-1)49-55-50(35-19-6-2-7-20-35)57-52(56-49)37-31-32-45(61-43-27-13-10-23-38(43)39-24-11-14-28-44(39)61)42(33-37)54-59-51(36-21-8-3-9-22-36)58-53(60-54)41-26-16-30-47-48(41)40-25-12-15-29-46(40)62-47/h1-33H. The van der Waals surface area contributed by atoms with Crippen LogP contribution in [0.3, 0.4) is 0 Å². The summed E-state index contributed by atoms with van der Waals surface area (Å²) in [6.45, 7) is 0. The van der Waals surface area contributed by atoms with Gasteiger partial charge in [0.25, 0.3) is 0 Å². The molecule has 12 rings (SSSR count). The first kappa shape index (κ1) is 35.3. The van der Waals surface area contributed by atoms with Crippen LogP contribution in [-0.4, -0.2) is 34.5 Å². The van der Waals surface area contributed by atoms with Gasteiger partial charge < -0.3 is 8.98 Å². The fourth-order valence-electron chi connectivity index (χ4n) is 8.46. The molecule has 0 aliphatic heterocycles. The lowest BCUT2D eigenvalue weighted by molar-refractivity contribution is 0.669. The topological polar surface area (TPSA) is 95.4 Å². The van der Waals surface area contributed by atoms with E-state index in [1.165, 1.54) is 0 Å². The summed E-state index contributed by atoms with van der Waals surface area (Å²) in [5.41, 5.74) is 9.66. The Morgan fingerprint density at radius 2 is 0.742 bits per heavy atom. The zero-order chi connectivity index (χ0) is 41.0. The van der Waals surface area contributed by atoms with Crippen molar-refractivity contribution in [2.24, 2.45) is 0 Å². The molecule has 0 saturated carbocycles. The zero-order valence-corrected chi connectivity index (χ0v) is 33.1. The zero-order valence-electron chi connectivity index (χ0n) is 33.1. The summed E-state index contributed by atoms with van der Waals surface area (Å²) in [4.78, 5) is 31.1. The Bertz CT molecular complexity index is 3530. The van der Waals surface area contributed by atoms with Crippen LogP contribution in [-0.2, 0) is 0 Å². The number of rotatable bonds is 7. The van der Waals surface area contributed by atoms with E-state index in [0.29, 0.717) is 34.9 Å². The van der Waals surface area contributed by atoms with E-state index in [1.807, 2.05) is 121 Å². The minimum absolute atomic E-state index is 0.498. The van der Waals surface area contributed by atoms with Crippen LogP contribution in [0.25, 0.3) is 118 Å². The molecule has 0 fully saturated rings. The Morgan fingerprint density at radius 3 is 1.32 bits per heavy atom. The van der Waals surface area contributed by atoms with E-state index in [0.717, 1.165) is 82.8 Å². The van der Waals surface area contributed by atoms with E-state index in [1.54, 1.807) is 0 Å². The van der Waals surface area contributed by atoms with Crippen LogP contribution in [0.5, 0.6) is 0 Å². The van der Waals surface area contributed by atoms with E-state index in [2.05, 4.69) is 83.4 Å².